The third-order valence-electron chi connectivity index (χ3n) is 4.96. The van der Waals surface area contributed by atoms with E-state index in [0.29, 0.717) is 11.6 Å². The molecule has 1 fully saturated rings. The van der Waals surface area contributed by atoms with Gasteiger partial charge in [0.15, 0.2) is 0 Å². The van der Waals surface area contributed by atoms with Crippen molar-refractivity contribution in [1.29, 1.82) is 0 Å². The van der Waals surface area contributed by atoms with Crippen LogP contribution in [0.5, 0.6) is 0 Å². The highest BCUT2D eigenvalue weighted by Gasteiger charge is 2.61. The van der Waals surface area contributed by atoms with E-state index in [9.17, 15) is 9.59 Å². The maximum absolute atomic E-state index is 13.0. The molecule has 1 spiro atoms. The number of hydrogen-bond acceptors (Lipinski definition) is 3. The Morgan fingerprint density at radius 2 is 2.15 bits per heavy atom. The average Bonchev–Trinajstić information content (AvgIpc) is 3.14. The summed E-state index contributed by atoms with van der Waals surface area (Å²) in [5.74, 6) is 0.535. The molecule has 20 heavy (non-hydrogen) atoms. The second-order valence-corrected chi connectivity index (χ2v) is 5.79. The normalized spacial score (nSPS) is 33.0. The monoisotopic (exact) mass is 269 g/mol. The fraction of sp³-hybridized carbons (Fsp3) is 0.375. The van der Waals surface area contributed by atoms with Crippen molar-refractivity contribution < 1.29 is 14.3 Å². The second-order valence-electron chi connectivity index (χ2n) is 5.79. The fourth-order valence-corrected chi connectivity index (χ4v) is 4.15. The van der Waals surface area contributed by atoms with E-state index in [1.807, 2.05) is 24.3 Å². The van der Waals surface area contributed by atoms with Gasteiger partial charge in [0.25, 0.3) is 0 Å². The lowest BCUT2D eigenvalue weighted by Crippen LogP contribution is -2.45. The molecule has 3 aliphatic rings. The van der Waals surface area contributed by atoms with Gasteiger partial charge in [-0.3, -0.25) is 4.79 Å². The molecule has 4 nitrogen and oxygen atoms in total. The van der Waals surface area contributed by atoms with Gasteiger partial charge in [0.2, 0.25) is 5.91 Å². The number of imide groups is 1. The van der Waals surface area contributed by atoms with Crippen molar-refractivity contribution in [2.45, 2.75) is 18.3 Å². The fourth-order valence-electron chi connectivity index (χ4n) is 4.15. The van der Waals surface area contributed by atoms with E-state index in [-0.39, 0.29) is 11.8 Å². The summed E-state index contributed by atoms with van der Waals surface area (Å²) < 4.78 is 4.79. The molecule has 0 N–H and O–H groups in total. The number of rotatable bonds is 0. The van der Waals surface area contributed by atoms with Gasteiger partial charge in [0, 0.05) is 0 Å². The third kappa shape index (κ3) is 1.17. The van der Waals surface area contributed by atoms with Crippen LogP contribution in [0, 0.1) is 11.8 Å². The van der Waals surface area contributed by atoms with E-state index in [4.69, 9.17) is 4.74 Å². The van der Waals surface area contributed by atoms with Gasteiger partial charge in [-0.15, -0.1) is 0 Å². The maximum Gasteiger partial charge on any atom is 0.420 e. The molecule has 2 bridgehead atoms. The maximum atomic E-state index is 13.0. The number of anilines is 1. The smallest absolute Gasteiger partial charge is 0.420 e. The summed E-state index contributed by atoms with van der Waals surface area (Å²) in [5, 5.41) is 0. The molecule has 0 aromatic heterocycles. The number of para-hydroxylation sites is 1. The summed E-state index contributed by atoms with van der Waals surface area (Å²) in [4.78, 5) is 26.2. The van der Waals surface area contributed by atoms with Crippen molar-refractivity contribution in [1.82, 2.24) is 0 Å². The van der Waals surface area contributed by atoms with Crippen LogP contribution in [0.3, 0.4) is 0 Å². The molecule has 3 atom stereocenters. The minimum atomic E-state index is -0.592. The number of carbonyl (C=O) groups excluding carboxylic acids is 2. The van der Waals surface area contributed by atoms with Gasteiger partial charge in [-0.1, -0.05) is 30.4 Å². The van der Waals surface area contributed by atoms with Gasteiger partial charge in [0.1, 0.15) is 0 Å². The Labute approximate surface area is 117 Å². The number of fused-ring (bicyclic) bond motifs is 5. The molecule has 1 aliphatic heterocycles. The molecule has 102 valence electrons. The van der Waals surface area contributed by atoms with Crippen LogP contribution in [-0.4, -0.2) is 19.1 Å². The van der Waals surface area contributed by atoms with Crippen molar-refractivity contribution in [3.63, 3.8) is 0 Å². The van der Waals surface area contributed by atoms with Crippen LogP contribution in [0.4, 0.5) is 10.5 Å². The summed E-state index contributed by atoms with van der Waals surface area (Å²) in [7, 11) is 1.31. The van der Waals surface area contributed by atoms with Crippen molar-refractivity contribution in [2.75, 3.05) is 12.0 Å². The van der Waals surface area contributed by atoms with Crippen LogP contribution in [0.2, 0.25) is 0 Å². The highest BCUT2D eigenvalue weighted by molar-refractivity contribution is 6.21. The molecule has 2 amide bonds. The predicted octanol–water partition coefficient (Wildman–Crippen LogP) is 2.63. The van der Waals surface area contributed by atoms with Crippen molar-refractivity contribution in [3.05, 3.63) is 42.0 Å². The predicted molar refractivity (Wildman–Crippen MR) is 73.4 cm³/mol. The molecule has 1 aromatic carbocycles. The third-order valence-corrected chi connectivity index (χ3v) is 4.96. The zero-order valence-corrected chi connectivity index (χ0v) is 11.2. The first-order chi connectivity index (χ1) is 9.68. The Hall–Kier alpha value is -2.10. The Bertz CT molecular complexity index is 651. The van der Waals surface area contributed by atoms with Gasteiger partial charge < -0.3 is 4.74 Å². The average molecular weight is 269 g/mol. The Morgan fingerprint density at radius 1 is 1.35 bits per heavy atom. The molecule has 0 saturated heterocycles. The summed E-state index contributed by atoms with van der Waals surface area (Å²) in [6.45, 7) is 0. The molecule has 1 heterocycles. The number of amides is 2. The van der Waals surface area contributed by atoms with Crippen LogP contribution in [-0.2, 0) is 14.9 Å². The zero-order valence-electron chi connectivity index (χ0n) is 11.2. The van der Waals surface area contributed by atoms with E-state index in [1.54, 1.807) is 0 Å². The number of hydrogen-bond donors (Lipinski definition) is 0. The van der Waals surface area contributed by atoms with Crippen LogP contribution in [0.15, 0.2) is 36.4 Å². The van der Waals surface area contributed by atoms with Gasteiger partial charge in [-0.2, -0.15) is 0 Å². The van der Waals surface area contributed by atoms with E-state index in [1.165, 1.54) is 12.0 Å². The quantitative estimate of drug-likeness (QED) is 0.680. The van der Waals surface area contributed by atoms with E-state index < -0.39 is 11.5 Å². The van der Waals surface area contributed by atoms with Crippen LogP contribution >= 0.6 is 0 Å². The summed E-state index contributed by atoms with van der Waals surface area (Å²) >= 11 is 0. The summed E-state index contributed by atoms with van der Waals surface area (Å²) in [5.41, 5.74) is 1.11. The van der Waals surface area contributed by atoms with Crippen molar-refractivity contribution in [2.24, 2.45) is 11.8 Å². The highest BCUT2D eigenvalue weighted by atomic mass is 16.5. The molecule has 2 aliphatic carbocycles. The molecular weight excluding hydrogens is 254 g/mol. The van der Waals surface area contributed by atoms with Crippen molar-refractivity contribution in [3.8, 4) is 0 Å². The Morgan fingerprint density at radius 3 is 2.80 bits per heavy atom. The molecule has 0 radical (unpaired) electrons. The summed E-state index contributed by atoms with van der Waals surface area (Å²) in [6, 6.07) is 7.59. The molecule has 1 saturated carbocycles. The number of methoxy groups -OCH3 is 1. The Balaban J connectivity index is 1.93. The van der Waals surface area contributed by atoms with Gasteiger partial charge >= 0.3 is 6.09 Å². The minimum Gasteiger partial charge on any atom is -0.452 e. The van der Waals surface area contributed by atoms with Crippen LogP contribution in [0.1, 0.15) is 18.4 Å². The molecule has 4 rings (SSSR count). The minimum absolute atomic E-state index is 0.123. The van der Waals surface area contributed by atoms with E-state index in [2.05, 4.69) is 12.2 Å². The van der Waals surface area contributed by atoms with Gasteiger partial charge in [0.05, 0.1) is 18.2 Å². The van der Waals surface area contributed by atoms with Crippen LogP contribution < -0.4 is 4.90 Å². The largest absolute Gasteiger partial charge is 0.452 e. The number of carbonyl (C=O) groups is 2. The molecule has 4 heteroatoms. The van der Waals surface area contributed by atoms with Crippen molar-refractivity contribution >= 4 is 17.7 Å². The number of benzene rings is 1. The lowest BCUT2D eigenvalue weighted by atomic mass is 9.71. The first-order valence-electron chi connectivity index (χ1n) is 6.89. The first kappa shape index (κ1) is 11.7. The van der Waals surface area contributed by atoms with E-state index >= 15 is 0 Å². The first-order valence-corrected chi connectivity index (χ1v) is 6.89. The number of allylic oxidation sites excluding steroid dienone is 2. The second kappa shape index (κ2) is 3.72. The number of ether oxygens (including phenoxy) is 1. The van der Waals surface area contributed by atoms with Gasteiger partial charge in [-0.25, -0.2) is 9.69 Å². The molecule has 3 unspecified atom stereocenters. The standard InChI is InChI=1S/C16H15NO3/c1-20-15(19)17-13-5-3-2-4-12(13)16(14(17)18)9-10-6-7-11(16)8-10/h2-7,10-11H,8-9H2,1H3. The zero-order chi connectivity index (χ0) is 13.9. The summed E-state index contributed by atoms with van der Waals surface area (Å²) in [6.07, 6.45) is 5.56. The lowest BCUT2D eigenvalue weighted by molar-refractivity contribution is -0.123. The Kier molecular flexibility index (Phi) is 2.18. The number of nitrogens with zero attached hydrogens (tertiary/aromatic N) is 1. The van der Waals surface area contributed by atoms with E-state index in [0.717, 1.165) is 18.4 Å². The highest BCUT2D eigenvalue weighted by Crippen LogP contribution is 2.59. The molecular formula is C16H15NO3. The van der Waals surface area contributed by atoms with Crippen LogP contribution in [0.25, 0.3) is 0 Å². The van der Waals surface area contributed by atoms with Gasteiger partial charge in [-0.05, 0) is 36.3 Å². The molecule has 1 aromatic rings. The SMILES string of the molecule is COC(=O)N1C(=O)C2(CC3C=CC2C3)c2ccccc21. The topological polar surface area (TPSA) is 46.6 Å². The lowest BCUT2D eigenvalue weighted by Gasteiger charge is -2.29.